The van der Waals surface area contributed by atoms with E-state index in [-0.39, 0.29) is 0 Å². The highest BCUT2D eigenvalue weighted by molar-refractivity contribution is 6.06. The van der Waals surface area contributed by atoms with Crippen LogP contribution in [0.25, 0.3) is 33.3 Å². The number of fused-ring (bicyclic) bond motifs is 2. The van der Waals surface area contributed by atoms with Crippen molar-refractivity contribution in [3.8, 4) is 11.3 Å². The number of rotatable bonds is 8. The average Bonchev–Trinajstić information content (AvgIpc) is 3.65. The highest BCUT2D eigenvalue weighted by atomic mass is 16.4. The molecule has 2 N–H and O–H groups in total. The normalized spacial score (nSPS) is 11.3. The topological polar surface area (TPSA) is 58.8 Å². The van der Waals surface area contributed by atoms with E-state index < -0.39 is 0 Å². The Morgan fingerprint density at radius 3 is 1.47 bits per heavy atom. The molecule has 0 unspecified atom stereocenters. The molecular weight excluding hydrogens is 603 g/mol. The second kappa shape index (κ2) is 12.4. The van der Waals surface area contributed by atoms with Gasteiger partial charge in [-0.15, -0.1) is 0 Å². The number of furan rings is 2. The zero-order valence-corrected chi connectivity index (χ0v) is 27.9. The molecule has 0 atom stereocenters. The number of anilines is 7. The second-order valence-electron chi connectivity index (χ2n) is 12.5. The van der Waals surface area contributed by atoms with E-state index >= 15 is 0 Å². The molecule has 8 aromatic rings. The summed E-state index contributed by atoms with van der Waals surface area (Å²) in [6.07, 6.45) is 0.691. The molecule has 2 heterocycles. The summed E-state index contributed by atoms with van der Waals surface area (Å²) in [6, 6.07) is 50.5. The Bertz CT molecular complexity index is 2420. The first-order valence-electron chi connectivity index (χ1n) is 16.7. The van der Waals surface area contributed by atoms with Crippen LogP contribution in [-0.2, 0) is 6.42 Å². The molecule has 2 aromatic heterocycles. The predicted molar refractivity (Wildman–Crippen MR) is 204 cm³/mol. The van der Waals surface area contributed by atoms with E-state index in [2.05, 4.69) is 164 Å². The molecule has 0 radical (unpaired) electrons. The van der Waals surface area contributed by atoms with E-state index in [1.807, 2.05) is 12.1 Å². The largest absolute Gasteiger partial charge is 0.460 e. The fourth-order valence-electron chi connectivity index (χ4n) is 6.79. The highest BCUT2D eigenvalue weighted by Crippen LogP contribution is 2.46. The summed E-state index contributed by atoms with van der Waals surface area (Å²) in [5.74, 6) is 1.47. The molecule has 6 aromatic carbocycles. The number of para-hydroxylation sites is 2. The smallest absolute Gasteiger partial charge is 0.162 e. The van der Waals surface area contributed by atoms with Crippen molar-refractivity contribution >= 4 is 61.8 Å². The van der Waals surface area contributed by atoms with Gasteiger partial charge in [-0.25, -0.2) is 0 Å². The molecular formula is C44H37N3O2. The maximum atomic E-state index is 6.90. The van der Waals surface area contributed by atoms with Gasteiger partial charge in [0.25, 0.3) is 0 Å². The molecule has 5 nitrogen and oxygen atoms in total. The van der Waals surface area contributed by atoms with Gasteiger partial charge in [-0.2, -0.15) is 0 Å². The summed E-state index contributed by atoms with van der Waals surface area (Å²) in [6.45, 7) is 6.33. The lowest BCUT2D eigenvalue weighted by atomic mass is 10.0. The quantitative estimate of drug-likeness (QED) is 0.179. The minimum Gasteiger partial charge on any atom is -0.460 e. The summed E-state index contributed by atoms with van der Waals surface area (Å²) >= 11 is 0. The Labute approximate surface area is 286 Å². The number of benzene rings is 6. The van der Waals surface area contributed by atoms with Gasteiger partial charge < -0.3 is 24.4 Å². The van der Waals surface area contributed by atoms with Crippen molar-refractivity contribution in [1.29, 1.82) is 0 Å². The van der Waals surface area contributed by atoms with E-state index in [0.29, 0.717) is 17.9 Å². The predicted octanol–water partition coefficient (Wildman–Crippen LogP) is 12.5. The number of aryl methyl sites for hydroxylation is 3. The first-order valence-corrected chi connectivity index (χ1v) is 16.7. The van der Waals surface area contributed by atoms with Crippen molar-refractivity contribution in [3.05, 3.63) is 162 Å². The fourth-order valence-corrected chi connectivity index (χ4v) is 6.79. The van der Waals surface area contributed by atoms with Gasteiger partial charge in [0.05, 0.1) is 11.3 Å². The van der Waals surface area contributed by atoms with Gasteiger partial charge >= 0.3 is 0 Å². The number of nitrogens with two attached hydrogens (primary N) is 1. The van der Waals surface area contributed by atoms with E-state index in [4.69, 9.17) is 14.6 Å². The molecule has 0 saturated carbocycles. The number of nitrogen functional groups attached to an aromatic ring is 1. The third kappa shape index (κ3) is 5.49. The van der Waals surface area contributed by atoms with Crippen molar-refractivity contribution < 1.29 is 8.83 Å². The summed E-state index contributed by atoms with van der Waals surface area (Å²) < 4.78 is 13.3. The Hall–Kier alpha value is -6.20. The van der Waals surface area contributed by atoms with Crippen molar-refractivity contribution in [1.82, 2.24) is 0 Å². The van der Waals surface area contributed by atoms with Gasteiger partial charge in [-0.1, -0.05) is 67.6 Å². The Balaban J connectivity index is 1.25. The number of nitrogens with zero attached hydrogens (tertiary/aromatic N) is 2. The van der Waals surface area contributed by atoms with Crippen molar-refractivity contribution in [2.75, 3.05) is 15.5 Å². The number of hydrogen-bond acceptors (Lipinski definition) is 5. The van der Waals surface area contributed by atoms with Crippen LogP contribution in [0.1, 0.15) is 23.8 Å². The molecule has 0 fully saturated rings. The van der Waals surface area contributed by atoms with Gasteiger partial charge in [0.2, 0.25) is 0 Å². The molecule has 0 aliphatic heterocycles. The van der Waals surface area contributed by atoms with Gasteiger partial charge in [0.15, 0.2) is 5.76 Å². The average molecular weight is 640 g/mol. The molecule has 0 bridgehead atoms. The molecule has 0 amide bonds. The number of hydrogen-bond donors (Lipinski definition) is 1. The molecule has 0 spiro atoms. The van der Waals surface area contributed by atoms with Crippen molar-refractivity contribution in [2.24, 2.45) is 0 Å². The van der Waals surface area contributed by atoms with Crippen LogP contribution in [0.2, 0.25) is 0 Å². The van der Waals surface area contributed by atoms with Gasteiger partial charge in [-0.3, -0.25) is 0 Å². The molecule has 8 rings (SSSR count). The Morgan fingerprint density at radius 2 is 0.959 bits per heavy atom. The Kier molecular flexibility index (Phi) is 7.65. The maximum Gasteiger partial charge on any atom is 0.162 e. The van der Waals surface area contributed by atoms with E-state index in [0.717, 1.165) is 67.4 Å². The maximum absolute atomic E-state index is 6.90. The van der Waals surface area contributed by atoms with Crippen LogP contribution >= 0.6 is 0 Å². The van der Waals surface area contributed by atoms with E-state index in [1.54, 1.807) is 0 Å². The van der Waals surface area contributed by atoms with Crippen LogP contribution in [0.4, 0.5) is 39.8 Å². The summed E-state index contributed by atoms with van der Waals surface area (Å²) in [7, 11) is 0. The third-order valence-electron chi connectivity index (χ3n) is 9.07. The lowest BCUT2D eigenvalue weighted by Gasteiger charge is -2.25. The van der Waals surface area contributed by atoms with Gasteiger partial charge in [-0.05, 0) is 97.8 Å². The third-order valence-corrected chi connectivity index (χ3v) is 9.07. The zero-order chi connectivity index (χ0) is 33.5. The molecule has 49 heavy (non-hydrogen) atoms. The zero-order valence-electron chi connectivity index (χ0n) is 27.9. The summed E-state index contributed by atoms with van der Waals surface area (Å²) in [4.78, 5) is 4.49. The molecule has 0 aliphatic carbocycles. The molecule has 0 aliphatic rings. The van der Waals surface area contributed by atoms with Crippen LogP contribution in [0.15, 0.2) is 154 Å². The van der Waals surface area contributed by atoms with Crippen molar-refractivity contribution in [3.63, 3.8) is 0 Å². The van der Waals surface area contributed by atoms with Gasteiger partial charge in [0.1, 0.15) is 16.9 Å². The highest BCUT2D eigenvalue weighted by Gasteiger charge is 2.24. The minimum absolute atomic E-state index is 0.607. The minimum atomic E-state index is 0.607. The standard InChI is InChI=1S/C44H37N3O2/c1-4-39-42(37-23-21-35(27-40(37)48-39)46(31-15-7-5-8-16-31)33-19-11-13-29(2)25-33)44-43(45)38-24-22-36(28-41(38)49-44)47(32-17-9-6-10-18-32)34-20-12-14-30(3)26-34/h5-28H,4,45H2,1-3H3. The van der Waals surface area contributed by atoms with Crippen LogP contribution in [0.5, 0.6) is 0 Å². The van der Waals surface area contributed by atoms with E-state index in [9.17, 15) is 0 Å². The van der Waals surface area contributed by atoms with Crippen LogP contribution in [0.3, 0.4) is 0 Å². The van der Waals surface area contributed by atoms with Crippen LogP contribution in [-0.4, -0.2) is 0 Å². The lowest BCUT2D eigenvalue weighted by Crippen LogP contribution is -2.09. The lowest BCUT2D eigenvalue weighted by molar-refractivity contribution is 0.554. The van der Waals surface area contributed by atoms with Crippen LogP contribution < -0.4 is 15.5 Å². The Morgan fingerprint density at radius 1 is 0.490 bits per heavy atom. The molecule has 240 valence electrons. The van der Waals surface area contributed by atoms with Crippen LogP contribution in [0, 0.1) is 13.8 Å². The fraction of sp³-hybridized carbons (Fsp3) is 0.0909. The second-order valence-corrected chi connectivity index (χ2v) is 12.5. The summed E-state index contributed by atoms with van der Waals surface area (Å²) in [5, 5.41) is 1.84. The molecule has 0 saturated heterocycles. The first-order chi connectivity index (χ1) is 24.0. The van der Waals surface area contributed by atoms with E-state index in [1.165, 1.54) is 11.1 Å². The first kappa shape index (κ1) is 30.2. The SMILES string of the molecule is CCc1oc2cc(N(c3ccccc3)c3cccc(C)c3)ccc2c1-c1oc2cc(N(c3ccccc3)c3cccc(C)c3)ccc2c1N. The van der Waals surface area contributed by atoms with Crippen molar-refractivity contribution in [2.45, 2.75) is 27.2 Å². The summed E-state index contributed by atoms with van der Waals surface area (Å²) in [5.41, 5.74) is 18.6. The van der Waals surface area contributed by atoms with Gasteiger partial charge in [0, 0.05) is 63.5 Å². The molecule has 5 heteroatoms. The monoisotopic (exact) mass is 639 g/mol.